The molecule has 47 heavy (non-hydrogen) atoms. The number of ether oxygens (including phenoxy) is 2. The second-order valence-corrected chi connectivity index (χ2v) is 14.8. The smallest absolute Gasteiger partial charge is 0.308 e. The Balaban J connectivity index is 1.15. The van der Waals surface area contributed by atoms with Crippen LogP contribution in [0.4, 0.5) is 5.69 Å². The van der Waals surface area contributed by atoms with Gasteiger partial charge in [0, 0.05) is 29.9 Å². The maximum atomic E-state index is 14.4. The first-order valence-corrected chi connectivity index (χ1v) is 18.1. The van der Waals surface area contributed by atoms with Gasteiger partial charge in [-0.15, -0.1) is 0 Å². The molecule has 1 aromatic heterocycles. The van der Waals surface area contributed by atoms with Crippen LogP contribution >= 0.6 is 0 Å². The van der Waals surface area contributed by atoms with E-state index in [0.29, 0.717) is 30.4 Å². The van der Waals surface area contributed by atoms with Crippen molar-refractivity contribution in [3.8, 4) is 16.9 Å². The first kappa shape index (κ1) is 33.3. The van der Waals surface area contributed by atoms with Gasteiger partial charge in [0.15, 0.2) is 0 Å². The molecule has 0 atom stereocenters. The number of esters is 1. The Kier molecular flexibility index (Phi) is 10.7. The summed E-state index contributed by atoms with van der Waals surface area (Å²) in [5.74, 6) is 2.39. The third-order valence-electron chi connectivity index (χ3n) is 10.8. The molecule has 3 aliphatic carbocycles. The normalized spacial score (nSPS) is 23.0. The summed E-state index contributed by atoms with van der Waals surface area (Å²) in [7, 11) is 1.73. The van der Waals surface area contributed by atoms with Crippen LogP contribution in [0.15, 0.2) is 54.9 Å². The van der Waals surface area contributed by atoms with Crippen molar-refractivity contribution in [2.75, 3.05) is 25.2 Å². The van der Waals surface area contributed by atoms with Crippen LogP contribution in [-0.2, 0) is 14.3 Å². The van der Waals surface area contributed by atoms with Gasteiger partial charge >= 0.3 is 5.97 Å². The van der Waals surface area contributed by atoms with E-state index in [4.69, 9.17) is 9.47 Å². The van der Waals surface area contributed by atoms with Gasteiger partial charge in [0.1, 0.15) is 5.75 Å². The molecule has 0 saturated heterocycles. The summed E-state index contributed by atoms with van der Waals surface area (Å²) in [4.78, 5) is 29.2. The zero-order chi connectivity index (χ0) is 32.9. The number of benzene rings is 2. The van der Waals surface area contributed by atoms with E-state index in [1.54, 1.807) is 7.11 Å². The van der Waals surface area contributed by atoms with Crippen molar-refractivity contribution in [2.24, 2.45) is 23.7 Å². The van der Waals surface area contributed by atoms with E-state index in [1.807, 2.05) is 6.20 Å². The van der Waals surface area contributed by atoms with Gasteiger partial charge in [0.25, 0.3) is 0 Å². The third-order valence-corrected chi connectivity index (χ3v) is 10.8. The van der Waals surface area contributed by atoms with E-state index in [2.05, 4.69) is 84.1 Å². The van der Waals surface area contributed by atoms with Crippen molar-refractivity contribution in [3.63, 3.8) is 0 Å². The fraction of sp³-hybridized carbons (Fsp3) is 0.575. The van der Waals surface area contributed by atoms with Gasteiger partial charge in [0.2, 0.25) is 5.91 Å². The highest BCUT2D eigenvalue weighted by atomic mass is 16.5. The first-order valence-electron chi connectivity index (χ1n) is 18.1. The highest BCUT2D eigenvalue weighted by molar-refractivity contribution is 5.96. The van der Waals surface area contributed by atoms with Gasteiger partial charge in [-0.05, 0) is 130 Å². The minimum atomic E-state index is -0.0946. The summed E-state index contributed by atoms with van der Waals surface area (Å²) in [5.41, 5.74) is 5.74. The fourth-order valence-electron chi connectivity index (χ4n) is 7.60. The van der Waals surface area contributed by atoms with Crippen LogP contribution in [-0.4, -0.2) is 41.9 Å². The number of methoxy groups -OCH3 is 1. The molecular weight excluding hydrogens is 586 g/mol. The maximum Gasteiger partial charge on any atom is 0.308 e. The van der Waals surface area contributed by atoms with Crippen molar-refractivity contribution in [1.29, 1.82) is 0 Å². The van der Waals surface area contributed by atoms with E-state index >= 15 is 0 Å². The largest absolute Gasteiger partial charge is 0.496 e. The van der Waals surface area contributed by atoms with E-state index in [1.165, 1.54) is 24.0 Å². The monoisotopic (exact) mass is 639 g/mol. The number of aromatic nitrogens is 2. The third kappa shape index (κ3) is 8.28. The SMILES string of the molecule is COc1ccc(C2CCC(CN(C(=O)C3CCC(C(=O)OCCC(C)C)CC3)c3cccc(-c4cnn(C5CC5)c4)c3)CC2)cc1C. The Morgan fingerprint density at radius 2 is 1.66 bits per heavy atom. The van der Waals surface area contributed by atoms with Gasteiger partial charge in [-0.1, -0.05) is 38.1 Å². The van der Waals surface area contributed by atoms with Crippen LogP contribution in [0.3, 0.4) is 0 Å². The summed E-state index contributed by atoms with van der Waals surface area (Å²) in [6, 6.07) is 15.6. The first-order chi connectivity index (χ1) is 22.8. The number of nitrogens with zero attached hydrogens (tertiary/aromatic N) is 3. The van der Waals surface area contributed by atoms with Gasteiger partial charge in [0.05, 0.1) is 31.9 Å². The number of anilines is 1. The van der Waals surface area contributed by atoms with Crippen LogP contribution in [0.5, 0.6) is 5.75 Å². The second kappa shape index (κ2) is 15.1. The van der Waals surface area contributed by atoms with Crippen LogP contribution in [0.25, 0.3) is 11.1 Å². The lowest BCUT2D eigenvalue weighted by Crippen LogP contribution is -2.42. The average molecular weight is 640 g/mol. The van der Waals surface area contributed by atoms with Gasteiger partial charge in [-0.25, -0.2) is 0 Å². The van der Waals surface area contributed by atoms with E-state index in [9.17, 15) is 9.59 Å². The van der Waals surface area contributed by atoms with Gasteiger partial charge in [-0.3, -0.25) is 14.3 Å². The van der Waals surface area contributed by atoms with E-state index in [0.717, 1.165) is 86.9 Å². The number of hydrogen-bond donors (Lipinski definition) is 0. The number of carbonyl (C=O) groups excluding carboxylic acids is 2. The van der Waals surface area contributed by atoms with Gasteiger partial charge in [-0.2, -0.15) is 5.10 Å². The van der Waals surface area contributed by atoms with Crippen LogP contribution in [0.2, 0.25) is 0 Å². The zero-order valence-electron chi connectivity index (χ0n) is 28.8. The molecule has 0 spiro atoms. The second-order valence-electron chi connectivity index (χ2n) is 14.8. The molecule has 0 radical (unpaired) electrons. The predicted octanol–water partition coefficient (Wildman–Crippen LogP) is 8.90. The standard InChI is InChI=1S/C40H53N3O4/c1-27(2)20-21-47-40(45)32-14-12-31(13-15-32)39(44)42(37-7-5-6-33(23-37)35-24-41-43(26-35)36-17-18-36)25-29-8-10-30(11-9-29)34-16-19-38(46-4)28(3)22-34/h5-7,16,19,22-24,26-27,29-32,36H,8-15,17-18,20-21,25H2,1-4H3. The molecule has 2 aromatic carbocycles. The van der Waals surface area contributed by atoms with Gasteiger partial charge < -0.3 is 14.4 Å². The Morgan fingerprint density at radius 1 is 0.915 bits per heavy atom. The van der Waals surface area contributed by atoms with Crippen LogP contribution in [0.1, 0.15) is 108 Å². The minimum Gasteiger partial charge on any atom is -0.496 e. The van der Waals surface area contributed by atoms with Crippen LogP contribution in [0, 0.1) is 30.6 Å². The maximum absolute atomic E-state index is 14.4. The quantitative estimate of drug-likeness (QED) is 0.185. The molecule has 0 aliphatic heterocycles. The lowest BCUT2D eigenvalue weighted by molar-refractivity contribution is -0.150. The molecule has 6 rings (SSSR count). The summed E-state index contributed by atoms with van der Waals surface area (Å²) < 4.78 is 13.2. The Hall–Kier alpha value is -3.61. The number of hydrogen-bond acceptors (Lipinski definition) is 5. The van der Waals surface area contributed by atoms with Crippen molar-refractivity contribution in [1.82, 2.24) is 9.78 Å². The number of carbonyl (C=O) groups is 2. The van der Waals surface area contributed by atoms with E-state index in [-0.39, 0.29) is 23.7 Å². The van der Waals surface area contributed by atoms with Crippen LogP contribution < -0.4 is 9.64 Å². The molecule has 3 fully saturated rings. The number of aryl methyl sites for hydroxylation is 1. The molecule has 7 nitrogen and oxygen atoms in total. The summed E-state index contributed by atoms with van der Waals surface area (Å²) in [5, 5.41) is 4.62. The molecule has 0 bridgehead atoms. The summed E-state index contributed by atoms with van der Waals surface area (Å²) >= 11 is 0. The molecule has 7 heteroatoms. The molecule has 3 saturated carbocycles. The van der Waals surface area contributed by atoms with Crippen molar-refractivity contribution in [2.45, 2.75) is 103 Å². The predicted molar refractivity (Wildman–Crippen MR) is 187 cm³/mol. The molecule has 3 aliphatic rings. The summed E-state index contributed by atoms with van der Waals surface area (Å²) in [6.07, 6.45) is 14.7. The zero-order valence-corrected chi connectivity index (χ0v) is 28.8. The Labute approximate surface area is 281 Å². The molecule has 1 amide bonds. The topological polar surface area (TPSA) is 73.7 Å². The van der Waals surface area contributed by atoms with E-state index < -0.39 is 0 Å². The van der Waals surface area contributed by atoms with Crippen molar-refractivity contribution >= 4 is 17.6 Å². The molecule has 0 N–H and O–H groups in total. The lowest BCUT2D eigenvalue weighted by atomic mass is 9.77. The summed E-state index contributed by atoms with van der Waals surface area (Å²) in [6.45, 7) is 7.61. The lowest BCUT2D eigenvalue weighted by Gasteiger charge is -2.36. The number of amides is 1. The highest BCUT2D eigenvalue weighted by Crippen LogP contribution is 2.40. The average Bonchev–Trinajstić information content (AvgIpc) is 3.82. The fourth-order valence-corrected chi connectivity index (χ4v) is 7.60. The molecule has 252 valence electrons. The van der Waals surface area contributed by atoms with Crippen molar-refractivity contribution < 1.29 is 19.1 Å². The molecule has 3 aromatic rings. The molecule has 1 heterocycles. The molecular formula is C40H53N3O4. The Morgan fingerprint density at radius 3 is 2.34 bits per heavy atom. The molecule has 0 unspecified atom stereocenters. The highest BCUT2D eigenvalue weighted by Gasteiger charge is 2.35. The minimum absolute atomic E-state index is 0.0744. The van der Waals surface area contributed by atoms with Crippen molar-refractivity contribution in [3.05, 3.63) is 66.0 Å². The number of rotatable bonds is 12. The Bertz CT molecular complexity index is 1510.